The lowest BCUT2D eigenvalue weighted by molar-refractivity contribution is -0.131. The molecule has 1 unspecified atom stereocenters. The Hall–Kier alpha value is -3.48. The molecule has 0 radical (unpaired) electrons. The van der Waals surface area contributed by atoms with Gasteiger partial charge in [0.1, 0.15) is 18.2 Å². The van der Waals surface area contributed by atoms with Gasteiger partial charge in [-0.25, -0.2) is 9.78 Å². The second kappa shape index (κ2) is 16.2. The van der Waals surface area contributed by atoms with Gasteiger partial charge in [-0.05, 0) is 36.7 Å². The van der Waals surface area contributed by atoms with Gasteiger partial charge in [-0.2, -0.15) is 0 Å². The molecule has 4 amide bonds. The monoisotopic (exact) mass is 624 g/mol. The van der Waals surface area contributed by atoms with Crippen LogP contribution in [0, 0.1) is 11.8 Å². The summed E-state index contributed by atoms with van der Waals surface area (Å²) in [4.78, 5) is 49.8. The predicted molar refractivity (Wildman–Crippen MR) is 167 cm³/mol. The number of aromatic amines is 1. The van der Waals surface area contributed by atoms with Gasteiger partial charge in [-0.1, -0.05) is 62.4 Å². The molecule has 5 rings (SSSR count). The molecule has 2 heterocycles. The predicted octanol–water partition coefficient (Wildman–Crippen LogP) is 1.68. The summed E-state index contributed by atoms with van der Waals surface area (Å²) in [7, 11) is 0. The largest absolute Gasteiger partial charge is 0.390 e. The van der Waals surface area contributed by atoms with E-state index in [0.29, 0.717) is 44.3 Å². The average molecular weight is 625 g/mol. The number of rotatable bonds is 14. The molecule has 3 fully saturated rings. The number of hydrogen-bond acceptors (Lipinski definition) is 7. The van der Waals surface area contributed by atoms with Crippen LogP contribution in [0.5, 0.6) is 0 Å². The average Bonchev–Trinajstić information content (AvgIpc) is 3.79. The molecule has 1 aromatic heterocycles. The fourth-order valence-electron chi connectivity index (χ4n) is 6.46. The van der Waals surface area contributed by atoms with Crippen LogP contribution in [0.25, 0.3) is 0 Å². The summed E-state index contributed by atoms with van der Waals surface area (Å²) < 4.78 is 5.37. The molecule has 0 spiro atoms. The maximum atomic E-state index is 14.0. The van der Waals surface area contributed by atoms with Crippen LogP contribution in [0.2, 0.25) is 0 Å². The molecule has 1 saturated heterocycles. The van der Waals surface area contributed by atoms with Gasteiger partial charge in [0.25, 0.3) is 0 Å². The molecule has 5 atom stereocenters. The van der Waals surface area contributed by atoms with Crippen LogP contribution in [-0.4, -0.2) is 99.6 Å². The van der Waals surface area contributed by atoms with Crippen molar-refractivity contribution in [3.8, 4) is 0 Å². The van der Waals surface area contributed by atoms with E-state index in [4.69, 9.17) is 4.74 Å². The summed E-state index contributed by atoms with van der Waals surface area (Å²) >= 11 is 0. The van der Waals surface area contributed by atoms with Crippen molar-refractivity contribution in [1.82, 2.24) is 30.8 Å². The van der Waals surface area contributed by atoms with Crippen LogP contribution in [-0.2, 0) is 27.2 Å². The van der Waals surface area contributed by atoms with Crippen molar-refractivity contribution in [2.45, 2.75) is 94.5 Å². The summed E-state index contributed by atoms with van der Waals surface area (Å²) in [6.45, 7) is 1.70. The third-order valence-electron chi connectivity index (χ3n) is 9.30. The molecular weight excluding hydrogens is 576 g/mol. The van der Waals surface area contributed by atoms with Gasteiger partial charge in [0.05, 0.1) is 37.4 Å². The second-order valence-electron chi connectivity index (χ2n) is 12.8. The molecule has 1 aromatic carbocycles. The Kier molecular flexibility index (Phi) is 11.8. The Balaban J connectivity index is 1.32. The van der Waals surface area contributed by atoms with Gasteiger partial charge >= 0.3 is 6.03 Å². The minimum absolute atomic E-state index is 0.0409. The highest BCUT2D eigenvalue weighted by Gasteiger charge is 2.40. The van der Waals surface area contributed by atoms with Gasteiger partial charge in [0, 0.05) is 32.1 Å². The Morgan fingerprint density at radius 1 is 0.911 bits per heavy atom. The van der Waals surface area contributed by atoms with E-state index in [0.717, 1.165) is 44.1 Å². The first kappa shape index (κ1) is 32.9. The summed E-state index contributed by atoms with van der Waals surface area (Å²) in [5.41, 5.74) is 1.44. The maximum Gasteiger partial charge on any atom is 0.318 e. The number of nitrogens with zero attached hydrogens (tertiary/aromatic N) is 2. The van der Waals surface area contributed by atoms with E-state index >= 15 is 0 Å². The van der Waals surface area contributed by atoms with Gasteiger partial charge < -0.3 is 40.8 Å². The number of aromatic nitrogens is 2. The lowest BCUT2D eigenvalue weighted by atomic mass is 9.82. The Labute approximate surface area is 264 Å². The van der Waals surface area contributed by atoms with Crippen molar-refractivity contribution in [2.24, 2.45) is 11.8 Å². The van der Waals surface area contributed by atoms with Crippen LogP contribution in [0.1, 0.15) is 62.6 Å². The fraction of sp³-hybridized carbons (Fsp3) is 0.636. The van der Waals surface area contributed by atoms with Crippen LogP contribution < -0.4 is 16.0 Å². The Morgan fingerprint density at radius 2 is 1.60 bits per heavy atom. The quantitative estimate of drug-likeness (QED) is 0.186. The highest BCUT2D eigenvalue weighted by atomic mass is 16.5. The van der Waals surface area contributed by atoms with Gasteiger partial charge in [-0.15, -0.1) is 0 Å². The van der Waals surface area contributed by atoms with Crippen molar-refractivity contribution in [2.75, 3.05) is 26.3 Å². The van der Waals surface area contributed by atoms with Crippen molar-refractivity contribution in [1.29, 1.82) is 0 Å². The summed E-state index contributed by atoms with van der Waals surface area (Å²) in [6, 6.07) is 6.40. The number of nitrogens with one attached hydrogen (secondary N) is 4. The Morgan fingerprint density at radius 3 is 2.27 bits per heavy atom. The minimum Gasteiger partial charge on any atom is -0.390 e. The minimum atomic E-state index is -1.11. The van der Waals surface area contributed by atoms with E-state index in [9.17, 15) is 24.6 Å². The van der Waals surface area contributed by atoms with Crippen molar-refractivity contribution in [3.63, 3.8) is 0 Å². The van der Waals surface area contributed by atoms with Crippen molar-refractivity contribution < 1.29 is 29.3 Å². The molecule has 2 aliphatic carbocycles. The molecule has 2 saturated carbocycles. The number of aliphatic hydroxyl groups is 2. The van der Waals surface area contributed by atoms with Crippen LogP contribution in [0.3, 0.4) is 0 Å². The smallest absolute Gasteiger partial charge is 0.318 e. The number of imidazole rings is 1. The normalized spacial score (nSPS) is 20.8. The number of ether oxygens (including phenoxy) is 1. The Bertz CT molecular complexity index is 1210. The number of aliphatic hydroxyl groups excluding tert-OH is 2. The number of hydrogen-bond donors (Lipinski definition) is 6. The molecule has 1 aliphatic heterocycles. The summed E-state index contributed by atoms with van der Waals surface area (Å²) in [5, 5.41) is 30.8. The van der Waals surface area contributed by atoms with E-state index in [1.54, 1.807) is 11.1 Å². The van der Waals surface area contributed by atoms with Crippen molar-refractivity contribution in [3.05, 3.63) is 54.1 Å². The summed E-state index contributed by atoms with van der Waals surface area (Å²) in [5.74, 6) is -0.583. The molecule has 3 aliphatic rings. The van der Waals surface area contributed by atoms with Crippen LogP contribution in [0.15, 0.2) is 42.9 Å². The van der Waals surface area contributed by atoms with Gasteiger partial charge in [0.15, 0.2) is 0 Å². The molecule has 45 heavy (non-hydrogen) atoms. The molecule has 246 valence electrons. The second-order valence-corrected chi connectivity index (χ2v) is 12.8. The van der Waals surface area contributed by atoms with E-state index in [1.807, 2.05) is 30.3 Å². The standard InChI is InChI=1S/C33H48N6O6/c40-29(24-11-12-24)30(41)26(17-22-7-3-1-4-8-22)36-32(43)28(19-25-20-34-21-35-25)37-31(42)27(18-23-9-5-2-6-10-23)38-33(44)39-13-15-45-16-14-39/h2,5-6,9-10,20-22,24,26-30,40-41H,1,3-4,7-8,11-19H2,(H,34,35)(H,36,43)(H,37,42)(H,38,44)/t26-,27-,28?,29-,30+/m0/s1. The SMILES string of the molecule is O=C(N[C@@H](CC1CCCCC1)[C@@H](O)[C@@H](O)C1CC1)C(Cc1c[nH]cn1)NC(=O)[C@H](Cc1ccccc1)NC(=O)N1CCOCC1. The highest BCUT2D eigenvalue weighted by Crippen LogP contribution is 2.36. The van der Waals surface area contributed by atoms with Crippen LogP contribution in [0.4, 0.5) is 4.79 Å². The highest BCUT2D eigenvalue weighted by molar-refractivity contribution is 5.92. The molecule has 0 bridgehead atoms. The topological polar surface area (TPSA) is 169 Å². The third kappa shape index (κ3) is 9.75. The van der Waals surface area contributed by atoms with Crippen LogP contribution >= 0.6 is 0 Å². The third-order valence-corrected chi connectivity index (χ3v) is 9.30. The first-order chi connectivity index (χ1) is 21.9. The van der Waals surface area contributed by atoms with E-state index < -0.39 is 42.1 Å². The lowest BCUT2D eigenvalue weighted by Crippen LogP contribution is -2.59. The molecule has 12 heteroatoms. The first-order valence-corrected chi connectivity index (χ1v) is 16.5. The van der Waals surface area contributed by atoms with E-state index in [-0.39, 0.29) is 24.8 Å². The molecule has 12 nitrogen and oxygen atoms in total. The maximum absolute atomic E-state index is 14.0. The van der Waals surface area contributed by atoms with E-state index in [1.165, 1.54) is 12.7 Å². The van der Waals surface area contributed by atoms with Gasteiger partial charge in [0.2, 0.25) is 11.8 Å². The number of carbonyl (C=O) groups is 3. The number of carbonyl (C=O) groups excluding carboxylic acids is 3. The molecular formula is C33H48N6O6. The number of urea groups is 1. The van der Waals surface area contributed by atoms with Crippen molar-refractivity contribution >= 4 is 17.8 Å². The number of amides is 4. The number of benzene rings is 1. The summed E-state index contributed by atoms with van der Waals surface area (Å²) in [6.07, 6.45) is 9.24. The fourth-order valence-corrected chi connectivity index (χ4v) is 6.46. The zero-order valence-electron chi connectivity index (χ0n) is 25.9. The number of morpholine rings is 1. The molecule has 2 aromatic rings. The number of H-pyrrole nitrogens is 1. The zero-order valence-corrected chi connectivity index (χ0v) is 25.9. The lowest BCUT2D eigenvalue weighted by Gasteiger charge is -2.33. The molecule has 6 N–H and O–H groups in total. The van der Waals surface area contributed by atoms with E-state index in [2.05, 4.69) is 25.9 Å². The first-order valence-electron chi connectivity index (χ1n) is 16.5. The van der Waals surface area contributed by atoms with Gasteiger partial charge in [-0.3, -0.25) is 9.59 Å². The zero-order chi connectivity index (χ0) is 31.6.